The van der Waals surface area contributed by atoms with Gasteiger partial charge in [0.2, 0.25) is 11.8 Å². The predicted molar refractivity (Wildman–Crippen MR) is 158 cm³/mol. The van der Waals surface area contributed by atoms with E-state index >= 15 is 0 Å². The summed E-state index contributed by atoms with van der Waals surface area (Å²) in [6.45, 7) is 0.768. The highest BCUT2D eigenvalue weighted by atomic mass is 16.7. The molecule has 3 aromatic carbocycles. The topological polar surface area (TPSA) is 161 Å². The molecule has 0 saturated carbocycles. The van der Waals surface area contributed by atoms with Crippen molar-refractivity contribution in [3.05, 3.63) is 95.1 Å². The van der Waals surface area contributed by atoms with Gasteiger partial charge < -0.3 is 35.0 Å². The number of carbonyl (C=O) groups is 2. The number of nitrogens with zero attached hydrogens (tertiary/aromatic N) is 1. The molecule has 4 unspecified atom stereocenters. The number of likely N-dealkylation sites (N-methyl/N-ethyl adjacent to an activating group) is 1. The highest BCUT2D eigenvalue weighted by molar-refractivity contribution is 5.91. The lowest BCUT2D eigenvalue weighted by atomic mass is 9.99. The van der Waals surface area contributed by atoms with Crippen LogP contribution in [0.3, 0.4) is 0 Å². The maximum atomic E-state index is 12.4. The number of aromatic hydroxyl groups is 1. The number of hydrogen-bond donors (Lipinski definition) is 6. The summed E-state index contributed by atoms with van der Waals surface area (Å²) in [4.78, 5) is 25.6. The molecule has 230 valence electrons. The third-order valence-corrected chi connectivity index (χ3v) is 7.24. The number of aliphatic hydroxyl groups excluding tert-OH is 2. The summed E-state index contributed by atoms with van der Waals surface area (Å²) in [5.74, 6) is -0.714. The van der Waals surface area contributed by atoms with E-state index in [0.717, 1.165) is 11.1 Å². The van der Waals surface area contributed by atoms with Crippen LogP contribution in [0.1, 0.15) is 66.4 Å². The summed E-state index contributed by atoms with van der Waals surface area (Å²) >= 11 is 0. The van der Waals surface area contributed by atoms with E-state index in [4.69, 9.17) is 14.7 Å². The SMILES string of the molecule is CN(CC1CC(c2ccc(CO)cc2)OC(c2cccc(NC(=O)CCCC(=O)NO)c2)O1)CC(O)c1cccc(O)c1. The van der Waals surface area contributed by atoms with E-state index in [0.29, 0.717) is 42.7 Å². The van der Waals surface area contributed by atoms with E-state index in [1.165, 1.54) is 0 Å². The molecule has 1 heterocycles. The number of hydroxylamine groups is 1. The minimum Gasteiger partial charge on any atom is -0.508 e. The van der Waals surface area contributed by atoms with E-state index in [9.17, 15) is 24.9 Å². The van der Waals surface area contributed by atoms with Crippen molar-refractivity contribution in [3.63, 3.8) is 0 Å². The van der Waals surface area contributed by atoms with Gasteiger partial charge in [0.1, 0.15) is 5.75 Å². The summed E-state index contributed by atoms with van der Waals surface area (Å²) in [7, 11) is 1.89. The largest absolute Gasteiger partial charge is 0.508 e. The number of amides is 2. The van der Waals surface area contributed by atoms with Gasteiger partial charge in [-0.1, -0.05) is 48.5 Å². The predicted octanol–water partition coefficient (Wildman–Crippen LogP) is 3.71. The van der Waals surface area contributed by atoms with Crippen molar-refractivity contribution in [1.82, 2.24) is 10.4 Å². The first kappa shape index (κ1) is 32.1. The minimum absolute atomic E-state index is 0.0368. The van der Waals surface area contributed by atoms with Crippen LogP contribution in [-0.2, 0) is 25.7 Å². The molecule has 2 amide bonds. The van der Waals surface area contributed by atoms with Gasteiger partial charge in [-0.15, -0.1) is 0 Å². The number of hydrogen-bond acceptors (Lipinski definition) is 9. The maximum absolute atomic E-state index is 12.4. The van der Waals surface area contributed by atoms with Crippen molar-refractivity contribution < 1.29 is 39.6 Å². The first-order chi connectivity index (χ1) is 20.7. The quantitative estimate of drug-likeness (QED) is 0.128. The summed E-state index contributed by atoms with van der Waals surface area (Å²) in [6, 6.07) is 21.3. The second-order valence-corrected chi connectivity index (χ2v) is 10.7. The summed E-state index contributed by atoms with van der Waals surface area (Å²) in [6.07, 6.45) is -1.12. The number of benzene rings is 3. The Morgan fingerprint density at radius 1 is 0.977 bits per heavy atom. The molecule has 0 aliphatic carbocycles. The molecule has 1 fully saturated rings. The lowest BCUT2D eigenvalue weighted by Gasteiger charge is -2.38. The van der Waals surface area contributed by atoms with Crippen LogP contribution in [0.5, 0.6) is 5.75 Å². The van der Waals surface area contributed by atoms with Crippen LogP contribution in [0, 0.1) is 0 Å². The Morgan fingerprint density at radius 3 is 2.44 bits per heavy atom. The van der Waals surface area contributed by atoms with Gasteiger partial charge in [0, 0.05) is 43.6 Å². The molecular formula is C32H39N3O8. The molecule has 4 atom stereocenters. The molecule has 1 saturated heterocycles. The Hall–Kier alpha value is -3.84. The Kier molecular flexibility index (Phi) is 11.6. The Bertz CT molecular complexity index is 1350. The van der Waals surface area contributed by atoms with Crippen LogP contribution in [0.2, 0.25) is 0 Å². The lowest BCUT2D eigenvalue weighted by molar-refractivity contribution is -0.252. The van der Waals surface area contributed by atoms with Gasteiger partial charge >= 0.3 is 0 Å². The second kappa shape index (κ2) is 15.6. The van der Waals surface area contributed by atoms with Gasteiger partial charge in [-0.2, -0.15) is 0 Å². The number of phenolic OH excluding ortho intramolecular Hbond substituents is 1. The zero-order chi connectivity index (χ0) is 30.8. The average Bonchev–Trinajstić information content (AvgIpc) is 3.00. The molecule has 11 nitrogen and oxygen atoms in total. The molecule has 1 aliphatic rings. The fraction of sp³-hybridized carbons (Fsp3) is 0.375. The molecule has 11 heteroatoms. The van der Waals surface area contributed by atoms with Crippen LogP contribution in [0.15, 0.2) is 72.8 Å². The molecule has 6 N–H and O–H groups in total. The average molecular weight is 594 g/mol. The van der Waals surface area contributed by atoms with Crippen molar-refractivity contribution in [2.45, 2.75) is 56.9 Å². The zero-order valence-electron chi connectivity index (χ0n) is 24.1. The normalized spacial score (nSPS) is 19.1. The number of aliphatic hydroxyl groups is 2. The fourth-order valence-electron chi connectivity index (χ4n) is 5.04. The molecule has 3 aromatic rings. The van der Waals surface area contributed by atoms with E-state index in [-0.39, 0.29) is 43.3 Å². The smallest absolute Gasteiger partial charge is 0.243 e. The van der Waals surface area contributed by atoms with Crippen LogP contribution in [-0.4, -0.2) is 63.5 Å². The first-order valence-electron chi connectivity index (χ1n) is 14.2. The number of carbonyl (C=O) groups excluding carboxylic acids is 2. The molecule has 0 spiro atoms. The summed E-state index contributed by atoms with van der Waals surface area (Å²) in [5, 5.41) is 41.4. The number of ether oxygens (including phenoxy) is 2. The number of rotatable bonds is 13. The molecular weight excluding hydrogens is 554 g/mol. The summed E-state index contributed by atoms with van der Waals surface area (Å²) in [5.41, 5.74) is 5.17. The van der Waals surface area contributed by atoms with Crippen molar-refractivity contribution in [2.24, 2.45) is 0 Å². The molecule has 0 bridgehead atoms. The molecule has 4 rings (SSSR count). The van der Waals surface area contributed by atoms with Crippen LogP contribution < -0.4 is 10.8 Å². The van der Waals surface area contributed by atoms with Crippen molar-refractivity contribution in [2.75, 3.05) is 25.5 Å². The van der Waals surface area contributed by atoms with Crippen molar-refractivity contribution >= 4 is 17.5 Å². The third kappa shape index (κ3) is 9.58. The van der Waals surface area contributed by atoms with Crippen LogP contribution in [0.25, 0.3) is 0 Å². The van der Waals surface area contributed by atoms with E-state index < -0.39 is 18.3 Å². The zero-order valence-corrected chi connectivity index (χ0v) is 24.1. The number of nitrogens with one attached hydrogen (secondary N) is 2. The summed E-state index contributed by atoms with van der Waals surface area (Å²) < 4.78 is 12.8. The van der Waals surface area contributed by atoms with Crippen molar-refractivity contribution in [1.29, 1.82) is 0 Å². The number of phenols is 1. The Morgan fingerprint density at radius 2 is 1.72 bits per heavy atom. The molecule has 0 radical (unpaired) electrons. The lowest BCUT2D eigenvalue weighted by Crippen LogP contribution is -2.39. The van der Waals surface area contributed by atoms with Gasteiger partial charge in [-0.3, -0.25) is 14.8 Å². The van der Waals surface area contributed by atoms with E-state index in [1.807, 2.05) is 42.3 Å². The fourth-order valence-corrected chi connectivity index (χ4v) is 5.04. The number of anilines is 1. The van der Waals surface area contributed by atoms with Crippen molar-refractivity contribution in [3.8, 4) is 5.75 Å². The highest BCUT2D eigenvalue weighted by Crippen LogP contribution is 2.38. The van der Waals surface area contributed by atoms with E-state index in [1.54, 1.807) is 47.9 Å². The van der Waals surface area contributed by atoms with Gasteiger partial charge in [-0.05, 0) is 54.4 Å². The van der Waals surface area contributed by atoms with Crippen LogP contribution >= 0.6 is 0 Å². The van der Waals surface area contributed by atoms with Crippen LogP contribution in [0.4, 0.5) is 5.69 Å². The van der Waals surface area contributed by atoms with E-state index in [2.05, 4.69) is 5.32 Å². The second-order valence-electron chi connectivity index (χ2n) is 10.7. The Balaban J connectivity index is 1.46. The van der Waals surface area contributed by atoms with Gasteiger partial charge in [-0.25, -0.2) is 5.48 Å². The minimum atomic E-state index is -0.798. The molecule has 0 aromatic heterocycles. The monoisotopic (exact) mass is 593 g/mol. The molecule has 43 heavy (non-hydrogen) atoms. The standard InChI is InChI=1S/C32H39N3O8/c1-35(19-28(38)23-5-3-8-26(37)16-23)18-27-17-29(22-13-11-21(20-36)12-14-22)43-32(42-27)24-6-2-7-25(15-24)33-30(39)9-4-10-31(40)34-41/h2-3,5-8,11-16,27-29,32,36-38,41H,4,9-10,17-20H2,1H3,(H,33,39)(H,34,40). The van der Waals surface area contributed by atoms with Gasteiger partial charge in [0.05, 0.1) is 24.9 Å². The molecule has 1 aliphatic heterocycles. The van der Waals surface area contributed by atoms with Gasteiger partial charge in [0.15, 0.2) is 6.29 Å². The Labute approximate surface area is 250 Å². The highest BCUT2D eigenvalue weighted by Gasteiger charge is 2.33. The first-order valence-corrected chi connectivity index (χ1v) is 14.2. The van der Waals surface area contributed by atoms with Gasteiger partial charge in [0.25, 0.3) is 0 Å². The third-order valence-electron chi connectivity index (χ3n) is 7.24. The maximum Gasteiger partial charge on any atom is 0.243 e.